The van der Waals surface area contributed by atoms with Crippen molar-refractivity contribution in [3.05, 3.63) is 18.0 Å². The molecule has 1 rings (SSSR count). The molecule has 0 bridgehead atoms. The van der Waals surface area contributed by atoms with Crippen LogP contribution in [0.2, 0.25) is 0 Å². The summed E-state index contributed by atoms with van der Waals surface area (Å²) in [5.41, 5.74) is -0.212. The van der Waals surface area contributed by atoms with Crippen LogP contribution in [0.4, 0.5) is 8.78 Å². The summed E-state index contributed by atoms with van der Waals surface area (Å²) in [6.07, 6.45) is 0.972. The predicted octanol–water partition coefficient (Wildman–Crippen LogP) is 0.869. The average molecular weight is 293 g/mol. The molecule has 1 atom stereocenters. The zero-order chi connectivity index (χ0) is 14.4. The van der Waals surface area contributed by atoms with Crippen LogP contribution < -0.4 is 5.32 Å². The van der Waals surface area contributed by atoms with E-state index in [1.165, 1.54) is 0 Å². The molecule has 1 heterocycles. The van der Waals surface area contributed by atoms with Crippen LogP contribution in [0.25, 0.3) is 0 Å². The summed E-state index contributed by atoms with van der Waals surface area (Å²) in [6, 6.07) is 0.176. The Morgan fingerprint density at radius 3 is 2.74 bits per heavy atom. The Morgan fingerprint density at radius 2 is 2.26 bits per heavy atom. The SMILES string of the molecule is CCOC(=O)[C@H](CS)NC(=O)c1ccn(C(F)F)n1. The second kappa shape index (κ2) is 7.07. The molecule has 0 aliphatic rings. The van der Waals surface area contributed by atoms with E-state index in [2.05, 4.69) is 23.0 Å². The fourth-order valence-corrected chi connectivity index (χ4v) is 1.46. The smallest absolute Gasteiger partial charge is 0.333 e. The van der Waals surface area contributed by atoms with Crippen molar-refractivity contribution in [3.63, 3.8) is 0 Å². The van der Waals surface area contributed by atoms with Crippen LogP contribution in [-0.2, 0) is 9.53 Å². The van der Waals surface area contributed by atoms with E-state index >= 15 is 0 Å². The molecule has 0 radical (unpaired) electrons. The van der Waals surface area contributed by atoms with E-state index in [0.717, 1.165) is 12.3 Å². The number of nitrogens with one attached hydrogen (secondary N) is 1. The van der Waals surface area contributed by atoms with Gasteiger partial charge in [0.15, 0.2) is 0 Å². The first-order valence-corrected chi connectivity index (χ1v) is 6.04. The van der Waals surface area contributed by atoms with Gasteiger partial charge in [0.2, 0.25) is 0 Å². The lowest BCUT2D eigenvalue weighted by atomic mass is 10.3. The second-order valence-corrected chi connectivity index (χ2v) is 3.78. The standard InChI is InChI=1S/C10H13F2N3O3S/c1-2-18-9(17)7(5-19)13-8(16)6-3-4-15(14-6)10(11)12/h3-4,7,10,19H,2,5H2,1H3,(H,13,16)/t7-/m0/s1. The molecule has 0 saturated carbocycles. The number of amides is 1. The van der Waals surface area contributed by atoms with Crippen molar-refractivity contribution >= 4 is 24.5 Å². The van der Waals surface area contributed by atoms with Crippen LogP contribution in [-0.4, -0.2) is 40.1 Å². The minimum absolute atomic E-state index is 0.0279. The molecule has 0 saturated heterocycles. The summed E-state index contributed by atoms with van der Waals surface area (Å²) in [5, 5.41) is 5.69. The van der Waals surface area contributed by atoms with Crippen LogP contribution in [0.3, 0.4) is 0 Å². The van der Waals surface area contributed by atoms with Gasteiger partial charge in [0, 0.05) is 11.9 Å². The van der Waals surface area contributed by atoms with Gasteiger partial charge in [0.05, 0.1) is 6.61 Å². The van der Waals surface area contributed by atoms with Crippen molar-refractivity contribution in [2.24, 2.45) is 0 Å². The van der Waals surface area contributed by atoms with Crippen LogP contribution in [0.1, 0.15) is 24.0 Å². The molecule has 1 N–H and O–H groups in total. The molecule has 1 aromatic rings. The van der Waals surface area contributed by atoms with E-state index in [1.54, 1.807) is 6.92 Å². The number of alkyl halides is 2. The number of esters is 1. The maximum Gasteiger partial charge on any atom is 0.333 e. The highest BCUT2D eigenvalue weighted by Gasteiger charge is 2.22. The van der Waals surface area contributed by atoms with E-state index in [4.69, 9.17) is 4.74 Å². The van der Waals surface area contributed by atoms with E-state index in [0.29, 0.717) is 4.68 Å². The number of thiol groups is 1. The van der Waals surface area contributed by atoms with Crippen LogP contribution in [0, 0.1) is 0 Å². The molecule has 19 heavy (non-hydrogen) atoms. The predicted molar refractivity (Wildman–Crippen MR) is 65.2 cm³/mol. The average Bonchev–Trinajstić information content (AvgIpc) is 2.85. The number of carbonyl (C=O) groups excluding carboxylic acids is 2. The monoisotopic (exact) mass is 293 g/mol. The lowest BCUT2D eigenvalue weighted by Crippen LogP contribution is -2.43. The molecule has 0 aliphatic carbocycles. The second-order valence-electron chi connectivity index (χ2n) is 3.42. The van der Waals surface area contributed by atoms with Crippen LogP contribution >= 0.6 is 12.6 Å². The molecule has 0 spiro atoms. The normalized spacial score (nSPS) is 12.3. The Kier molecular flexibility index (Phi) is 5.74. The maximum atomic E-state index is 12.3. The number of hydrogen-bond acceptors (Lipinski definition) is 5. The third kappa shape index (κ3) is 4.19. The fourth-order valence-electron chi connectivity index (χ4n) is 1.22. The zero-order valence-corrected chi connectivity index (χ0v) is 10.9. The number of carbonyl (C=O) groups is 2. The highest BCUT2D eigenvalue weighted by atomic mass is 32.1. The van der Waals surface area contributed by atoms with Crippen molar-refractivity contribution in [3.8, 4) is 0 Å². The van der Waals surface area contributed by atoms with Crippen molar-refractivity contribution in [2.45, 2.75) is 19.5 Å². The number of aromatic nitrogens is 2. The summed E-state index contributed by atoms with van der Waals surface area (Å²) in [4.78, 5) is 23.1. The first kappa shape index (κ1) is 15.4. The lowest BCUT2D eigenvalue weighted by molar-refractivity contribution is -0.144. The van der Waals surface area contributed by atoms with Crippen molar-refractivity contribution < 1.29 is 23.1 Å². The number of rotatable bonds is 6. The van der Waals surface area contributed by atoms with E-state index in [1.807, 2.05) is 0 Å². The molecule has 106 valence electrons. The van der Waals surface area contributed by atoms with Gasteiger partial charge in [-0.05, 0) is 13.0 Å². The number of nitrogens with zero attached hydrogens (tertiary/aromatic N) is 2. The summed E-state index contributed by atoms with van der Waals surface area (Å²) < 4.78 is 29.6. The van der Waals surface area contributed by atoms with E-state index in [-0.39, 0.29) is 18.1 Å². The Morgan fingerprint density at radius 1 is 1.58 bits per heavy atom. The van der Waals surface area contributed by atoms with Crippen LogP contribution in [0.5, 0.6) is 0 Å². The quantitative estimate of drug-likeness (QED) is 0.603. The molecule has 0 aliphatic heterocycles. The Labute approximate surface area is 113 Å². The van der Waals surface area contributed by atoms with Crippen molar-refractivity contribution in [1.82, 2.24) is 15.1 Å². The minimum Gasteiger partial charge on any atom is -0.464 e. The molecule has 0 unspecified atom stereocenters. The zero-order valence-electron chi connectivity index (χ0n) is 10.0. The van der Waals surface area contributed by atoms with Gasteiger partial charge in [0.25, 0.3) is 5.91 Å². The van der Waals surface area contributed by atoms with Gasteiger partial charge in [-0.2, -0.15) is 26.5 Å². The Bertz CT molecular complexity index is 453. The van der Waals surface area contributed by atoms with E-state index < -0.39 is 24.5 Å². The van der Waals surface area contributed by atoms with Gasteiger partial charge in [-0.25, -0.2) is 9.48 Å². The molecule has 6 nitrogen and oxygen atoms in total. The van der Waals surface area contributed by atoms with Crippen molar-refractivity contribution in [1.29, 1.82) is 0 Å². The summed E-state index contributed by atoms with van der Waals surface area (Å²) >= 11 is 3.91. The molecule has 1 amide bonds. The largest absolute Gasteiger partial charge is 0.464 e. The highest BCUT2D eigenvalue weighted by Crippen LogP contribution is 2.08. The Hall–Kier alpha value is -1.64. The molecule has 0 aromatic carbocycles. The van der Waals surface area contributed by atoms with Gasteiger partial charge >= 0.3 is 12.5 Å². The first-order chi connectivity index (χ1) is 8.99. The summed E-state index contributed by atoms with van der Waals surface area (Å²) in [6.45, 7) is -1.04. The maximum absolute atomic E-state index is 12.3. The highest BCUT2D eigenvalue weighted by molar-refractivity contribution is 7.80. The lowest BCUT2D eigenvalue weighted by Gasteiger charge is -2.14. The minimum atomic E-state index is -2.83. The third-order valence-corrected chi connectivity index (χ3v) is 2.47. The van der Waals surface area contributed by atoms with Gasteiger partial charge in [-0.1, -0.05) is 0 Å². The topological polar surface area (TPSA) is 73.2 Å². The molecule has 1 aromatic heterocycles. The first-order valence-electron chi connectivity index (χ1n) is 5.41. The number of ether oxygens (including phenoxy) is 1. The van der Waals surface area contributed by atoms with Gasteiger partial charge in [0.1, 0.15) is 11.7 Å². The number of halogens is 2. The van der Waals surface area contributed by atoms with Gasteiger partial charge in [-0.3, -0.25) is 4.79 Å². The van der Waals surface area contributed by atoms with Crippen LogP contribution in [0.15, 0.2) is 12.3 Å². The van der Waals surface area contributed by atoms with Gasteiger partial charge < -0.3 is 10.1 Å². The van der Waals surface area contributed by atoms with Gasteiger partial charge in [-0.15, -0.1) is 0 Å². The Balaban J connectivity index is 2.68. The molecule has 0 fully saturated rings. The van der Waals surface area contributed by atoms with E-state index in [9.17, 15) is 18.4 Å². The molecule has 9 heteroatoms. The fraction of sp³-hybridized carbons (Fsp3) is 0.500. The molecular weight excluding hydrogens is 280 g/mol. The molecular formula is C10H13F2N3O3S. The number of hydrogen-bond donors (Lipinski definition) is 2. The van der Waals surface area contributed by atoms with Crippen molar-refractivity contribution in [2.75, 3.05) is 12.4 Å². The third-order valence-electron chi connectivity index (χ3n) is 2.10. The summed E-state index contributed by atoms with van der Waals surface area (Å²) in [5.74, 6) is -1.36. The summed E-state index contributed by atoms with van der Waals surface area (Å²) in [7, 11) is 0.